The van der Waals surface area contributed by atoms with Crippen molar-refractivity contribution in [3.05, 3.63) is 83.1 Å². The van der Waals surface area contributed by atoms with Gasteiger partial charge in [-0.05, 0) is 43.7 Å². The fraction of sp³-hybridized carbons (Fsp3) is 0.318. The molecular weight excluding hydrogens is 354 g/mol. The molecule has 0 bridgehead atoms. The minimum atomic E-state index is -0.365. The third kappa shape index (κ3) is 3.74. The highest BCUT2D eigenvalue weighted by atomic mass is 16.7. The van der Waals surface area contributed by atoms with Gasteiger partial charge in [-0.2, -0.15) is 0 Å². The second-order valence-electron chi connectivity index (χ2n) is 7.04. The number of fused-ring (bicyclic) bond motifs is 1. The molecule has 0 saturated carbocycles. The van der Waals surface area contributed by atoms with Gasteiger partial charge in [0.2, 0.25) is 0 Å². The number of carbonyl (C=O) groups is 1. The summed E-state index contributed by atoms with van der Waals surface area (Å²) < 4.78 is 8.09. The summed E-state index contributed by atoms with van der Waals surface area (Å²) in [5.41, 5.74) is 6.14. The van der Waals surface area contributed by atoms with E-state index in [9.17, 15) is 4.79 Å². The lowest BCUT2D eigenvalue weighted by Gasteiger charge is -2.37. The highest BCUT2D eigenvalue weighted by Crippen LogP contribution is 2.33. The SMILES string of the molecule is CCONC(=O)c1ccc(CN2CCn3cccc3C2c2ccc(C)cc2)o1. The number of benzene rings is 1. The van der Waals surface area contributed by atoms with Crippen LogP contribution in [0.4, 0.5) is 0 Å². The summed E-state index contributed by atoms with van der Waals surface area (Å²) in [6, 6.07) is 16.7. The molecule has 1 unspecified atom stereocenters. The Balaban J connectivity index is 1.57. The van der Waals surface area contributed by atoms with E-state index in [1.165, 1.54) is 16.8 Å². The first-order chi connectivity index (χ1) is 13.7. The number of nitrogens with zero attached hydrogens (tertiary/aromatic N) is 2. The van der Waals surface area contributed by atoms with Gasteiger partial charge in [0.25, 0.3) is 0 Å². The summed E-state index contributed by atoms with van der Waals surface area (Å²) in [5, 5.41) is 0. The van der Waals surface area contributed by atoms with Crippen molar-refractivity contribution < 1.29 is 14.0 Å². The molecule has 0 saturated heterocycles. The Morgan fingerprint density at radius 1 is 1.18 bits per heavy atom. The van der Waals surface area contributed by atoms with Gasteiger partial charge in [0.05, 0.1) is 19.2 Å². The Labute approximate surface area is 164 Å². The fourth-order valence-corrected chi connectivity index (χ4v) is 3.71. The number of amides is 1. The standard InChI is InChI=1S/C22H25N3O3/c1-3-27-23-22(26)20-11-10-18(28-20)15-25-14-13-24-12-4-5-19(24)21(25)17-8-6-16(2)7-9-17/h4-12,21H,3,13-15H2,1-2H3,(H,23,26). The summed E-state index contributed by atoms with van der Waals surface area (Å²) in [5.74, 6) is 0.658. The smallest absolute Gasteiger partial charge is 0.310 e. The second-order valence-corrected chi connectivity index (χ2v) is 7.04. The van der Waals surface area contributed by atoms with Gasteiger partial charge in [0, 0.05) is 25.0 Å². The first kappa shape index (κ1) is 18.5. The van der Waals surface area contributed by atoms with Crippen molar-refractivity contribution in [1.82, 2.24) is 14.9 Å². The van der Waals surface area contributed by atoms with Crippen molar-refractivity contribution >= 4 is 5.91 Å². The maximum atomic E-state index is 12.0. The monoisotopic (exact) mass is 379 g/mol. The predicted molar refractivity (Wildman–Crippen MR) is 106 cm³/mol. The largest absolute Gasteiger partial charge is 0.454 e. The normalized spacial score (nSPS) is 16.7. The molecule has 0 aliphatic carbocycles. The van der Waals surface area contributed by atoms with Crippen LogP contribution >= 0.6 is 0 Å². The molecule has 1 atom stereocenters. The van der Waals surface area contributed by atoms with Gasteiger partial charge in [-0.15, -0.1) is 0 Å². The molecule has 1 N–H and O–H groups in total. The van der Waals surface area contributed by atoms with Crippen LogP contribution in [0.1, 0.15) is 46.1 Å². The van der Waals surface area contributed by atoms with Crippen LogP contribution in [0, 0.1) is 6.92 Å². The molecule has 1 aliphatic heterocycles. The molecule has 6 nitrogen and oxygen atoms in total. The number of hydroxylamine groups is 1. The van der Waals surface area contributed by atoms with E-state index in [4.69, 9.17) is 9.25 Å². The van der Waals surface area contributed by atoms with Gasteiger partial charge >= 0.3 is 5.91 Å². The Morgan fingerprint density at radius 3 is 2.79 bits per heavy atom. The molecule has 28 heavy (non-hydrogen) atoms. The topological polar surface area (TPSA) is 59.6 Å². The average molecular weight is 379 g/mol. The molecule has 1 aromatic carbocycles. The molecule has 1 amide bonds. The number of aromatic nitrogens is 1. The zero-order valence-corrected chi connectivity index (χ0v) is 16.2. The van der Waals surface area contributed by atoms with Crippen LogP contribution in [0.3, 0.4) is 0 Å². The summed E-state index contributed by atoms with van der Waals surface area (Å²) in [4.78, 5) is 19.4. The summed E-state index contributed by atoms with van der Waals surface area (Å²) in [6.45, 7) is 6.79. The quantitative estimate of drug-likeness (QED) is 0.664. The van der Waals surface area contributed by atoms with Gasteiger partial charge in [-0.1, -0.05) is 29.8 Å². The molecule has 0 fully saturated rings. The lowest BCUT2D eigenvalue weighted by atomic mass is 9.99. The van der Waals surface area contributed by atoms with Crippen LogP contribution in [0.2, 0.25) is 0 Å². The van der Waals surface area contributed by atoms with E-state index in [1.807, 2.05) is 13.0 Å². The average Bonchev–Trinajstić information content (AvgIpc) is 3.36. The highest BCUT2D eigenvalue weighted by Gasteiger charge is 2.29. The van der Waals surface area contributed by atoms with E-state index in [2.05, 4.69) is 64.5 Å². The lowest BCUT2D eigenvalue weighted by Crippen LogP contribution is -2.37. The van der Waals surface area contributed by atoms with Crippen molar-refractivity contribution in [2.24, 2.45) is 0 Å². The van der Waals surface area contributed by atoms with Gasteiger partial charge in [0.15, 0.2) is 5.76 Å². The van der Waals surface area contributed by atoms with E-state index in [-0.39, 0.29) is 17.7 Å². The van der Waals surface area contributed by atoms with Crippen LogP contribution in [0.5, 0.6) is 0 Å². The molecule has 4 rings (SSSR count). The van der Waals surface area contributed by atoms with Gasteiger partial charge in [-0.25, -0.2) is 5.48 Å². The number of aryl methyl sites for hydroxylation is 1. The molecule has 146 valence electrons. The van der Waals surface area contributed by atoms with Gasteiger partial charge in [0.1, 0.15) is 5.76 Å². The van der Waals surface area contributed by atoms with Crippen molar-refractivity contribution in [2.45, 2.75) is 33.0 Å². The van der Waals surface area contributed by atoms with E-state index in [1.54, 1.807) is 6.07 Å². The maximum absolute atomic E-state index is 12.0. The van der Waals surface area contributed by atoms with Gasteiger partial charge in [-0.3, -0.25) is 14.5 Å². The number of rotatable bonds is 6. The fourth-order valence-electron chi connectivity index (χ4n) is 3.71. The maximum Gasteiger partial charge on any atom is 0.310 e. The number of hydrogen-bond acceptors (Lipinski definition) is 4. The molecule has 3 heterocycles. The number of nitrogens with one attached hydrogen (secondary N) is 1. The molecule has 6 heteroatoms. The Bertz CT molecular complexity index is 942. The van der Waals surface area contributed by atoms with Crippen LogP contribution in [-0.2, 0) is 17.9 Å². The van der Waals surface area contributed by atoms with E-state index in [0.29, 0.717) is 13.2 Å². The Morgan fingerprint density at radius 2 is 2.00 bits per heavy atom. The third-order valence-electron chi connectivity index (χ3n) is 5.08. The Kier molecular flexibility index (Phi) is 5.32. The molecule has 0 spiro atoms. The van der Waals surface area contributed by atoms with E-state index >= 15 is 0 Å². The minimum absolute atomic E-state index is 0.148. The van der Waals surface area contributed by atoms with Crippen molar-refractivity contribution in [3.63, 3.8) is 0 Å². The van der Waals surface area contributed by atoms with Crippen molar-refractivity contribution in [2.75, 3.05) is 13.2 Å². The molecule has 2 aromatic heterocycles. The molecular formula is C22H25N3O3. The summed E-state index contributed by atoms with van der Waals surface area (Å²) in [7, 11) is 0. The van der Waals surface area contributed by atoms with Crippen molar-refractivity contribution in [3.8, 4) is 0 Å². The number of furan rings is 1. The molecule has 0 radical (unpaired) electrons. The molecule has 3 aromatic rings. The van der Waals surface area contributed by atoms with Crippen LogP contribution < -0.4 is 5.48 Å². The first-order valence-corrected chi connectivity index (χ1v) is 9.62. The zero-order valence-electron chi connectivity index (χ0n) is 16.2. The van der Waals surface area contributed by atoms with E-state index in [0.717, 1.165) is 18.8 Å². The lowest BCUT2D eigenvalue weighted by molar-refractivity contribution is 0.0337. The highest BCUT2D eigenvalue weighted by molar-refractivity contribution is 5.90. The number of hydrogen-bond donors (Lipinski definition) is 1. The third-order valence-corrected chi connectivity index (χ3v) is 5.08. The van der Waals surface area contributed by atoms with Crippen LogP contribution in [0.25, 0.3) is 0 Å². The number of carbonyl (C=O) groups excluding carboxylic acids is 1. The second kappa shape index (κ2) is 8.04. The van der Waals surface area contributed by atoms with Gasteiger partial charge < -0.3 is 8.98 Å². The first-order valence-electron chi connectivity index (χ1n) is 9.62. The molecule has 1 aliphatic rings. The van der Waals surface area contributed by atoms with Crippen LogP contribution in [0.15, 0.2) is 59.1 Å². The summed E-state index contributed by atoms with van der Waals surface area (Å²) in [6.07, 6.45) is 2.14. The van der Waals surface area contributed by atoms with E-state index < -0.39 is 0 Å². The summed E-state index contributed by atoms with van der Waals surface area (Å²) >= 11 is 0. The predicted octanol–water partition coefficient (Wildman–Crippen LogP) is 3.68. The zero-order chi connectivity index (χ0) is 19.5. The van der Waals surface area contributed by atoms with Crippen LogP contribution in [-0.4, -0.2) is 28.5 Å². The minimum Gasteiger partial charge on any atom is -0.454 e. The Hall–Kier alpha value is -2.83. The van der Waals surface area contributed by atoms with Crippen molar-refractivity contribution in [1.29, 1.82) is 0 Å².